The first-order chi connectivity index (χ1) is 11.7. The summed E-state index contributed by atoms with van der Waals surface area (Å²) in [5, 5.41) is 8.97. The molecule has 0 heterocycles. The third kappa shape index (κ3) is 8.37. The maximum Gasteiger partial charge on any atom is 0.511 e. The summed E-state index contributed by atoms with van der Waals surface area (Å²) in [4.78, 5) is 10.9. The van der Waals surface area contributed by atoms with Crippen LogP contribution in [0.4, 0.5) is 4.79 Å². The van der Waals surface area contributed by atoms with Crippen molar-refractivity contribution in [3.8, 4) is 5.75 Å². The normalized spacial score (nSPS) is 10.8. The molecule has 0 aliphatic heterocycles. The first-order valence-electron chi connectivity index (χ1n) is 9.70. The van der Waals surface area contributed by atoms with Crippen molar-refractivity contribution < 1.29 is 14.6 Å². The van der Waals surface area contributed by atoms with Gasteiger partial charge in [-0.25, -0.2) is 4.79 Å². The highest BCUT2D eigenvalue weighted by Crippen LogP contribution is 2.27. The number of benzene rings is 1. The van der Waals surface area contributed by atoms with Gasteiger partial charge in [-0.1, -0.05) is 77.3 Å². The van der Waals surface area contributed by atoms with Gasteiger partial charge in [-0.15, -0.1) is 0 Å². The molecule has 0 unspecified atom stereocenters. The van der Waals surface area contributed by atoms with Crippen LogP contribution in [0.25, 0.3) is 0 Å². The molecule has 3 heteroatoms. The number of rotatable bonds is 13. The minimum Gasteiger partial charge on any atom is -0.449 e. The van der Waals surface area contributed by atoms with E-state index in [0.717, 1.165) is 31.2 Å². The topological polar surface area (TPSA) is 46.5 Å². The van der Waals surface area contributed by atoms with E-state index in [-0.39, 0.29) is 0 Å². The Bertz CT molecular complexity index is 468. The van der Waals surface area contributed by atoms with Crippen LogP contribution in [0.2, 0.25) is 0 Å². The van der Waals surface area contributed by atoms with Crippen LogP contribution in [-0.2, 0) is 12.8 Å². The Morgan fingerprint density at radius 3 is 2.12 bits per heavy atom. The zero-order chi connectivity index (χ0) is 17.6. The van der Waals surface area contributed by atoms with Crippen LogP contribution < -0.4 is 4.74 Å². The quantitative estimate of drug-likeness (QED) is 0.246. The van der Waals surface area contributed by atoms with Crippen LogP contribution in [0, 0.1) is 0 Å². The number of carbonyl (C=O) groups is 1. The molecule has 1 rings (SSSR count). The predicted molar refractivity (Wildman–Crippen MR) is 100 cm³/mol. The molecule has 0 spiro atoms. The van der Waals surface area contributed by atoms with E-state index in [9.17, 15) is 4.79 Å². The molecular weight excluding hydrogens is 300 g/mol. The van der Waals surface area contributed by atoms with Crippen molar-refractivity contribution >= 4 is 6.16 Å². The van der Waals surface area contributed by atoms with Crippen molar-refractivity contribution in [3.63, 3.8) is 0 Å². The van der Waals surface area contributed by atoms with E-state index in [2.05, 4.69) is 19.9 Å². The molecule has 0 aliphatic carbocycles. The SMILES string of the molecule is CCCCCCCCCc1c(CCCCC)cccc1OC(=O)O. The molecule has 3 nitrogen and oxygen atoms in total. The zero-order valence-electron chi connectivity index (χ0n) is 15.5. The van der Waals surface area contributed by atoms with Gasteiger partial charge in [0.1, 0.15) is 5.75 Å². The number of aryl methyl sites for hydroxylation is 1. The van der Waals surface area contributed by atoms with Crippen molar-refractivity contribution in [2.75, 3.05) is 0 Å². The van der Waals surface area contributed by atoms with Gasteiger partial charge in [-0.05, 0) is 42.9 Å². The van der Waals surface area contributed by atoms with E-state index < -0.39 is 6.16 Å². The van der Waals surface area contributed by atoms with Gasteiger partial charge in [0.05, 0.1) is 0 Å². The summed E-state index contributed by atoms with van der Waals surface area (Å²) in [6, 6.07) is 5.82. The highest BCUT2D eigenvalue weighted by molar-refractivity contribution is 5.62. The molecule has 1 N–H and O–H groups in total. The lowest BCUT2D eigenvalue weighted by molar-refractivity contribution is 0.144. The van der Waals surface area contributed by atoms with Crippen LogP contribution in [-0.4, -0.2) is 11.3 Å². The summed E-state index contributed by atoms with van der Waals surface area (Å²) in [6.45, 7) is 4.43. The summed E-state index contributed by atoms with van der Waals surface area (Å²) >= 11 is 0. The average Bonchev–Trinajstić information content (AvgIpc) is 2.55. The Kier molecular flexibility index (Phi) is 11.0. The lowest BCUT2D eigenvalue weighted by Gasteiger charge is -2.14. The second-order valence-corrected chi connectivity index (χ2v) is 6.59. The average molecular weight is 335 g/mol. The smallest absolute Gasteiger partial charge is 0.449 e. The highest BCUT2D eigenvalue weighted by Gasteiger charge is 2.12. The van der Waals surface area contributed by atoms with Crippen molar-refractivity contribution in [1.29, 1.82) is 0 Å². The number of hydrogen-bond acceptors (Lipinski definition) is 2. The maximum atomic E-state index is 10.9. The molecular formula is C21H34O3. The first kappa shape index (κ1) is 20.5. The molecule has 0 amide bonds. The van der Waals surface area contributed by atoms with E-state index in [0.29, 0.717) is 5.75 Å². The van der Waals surface area contributed by atoms with Crippen LogP contribution in [0.1, 0.15) is 89.2 Å². The Labute approximate surface area is 147 Å². The summed E-state index contributed by atoms with van der Waals surface area (Å²) in [5.74, 6) is 0.530. The predicted octanol–water partition coefficient (Wildman–Crippen LogP) is 6.77. The van der Waals surface area contributed by atoms with E-state index >= 15 is 0 Å². The van der Waals surface area contributed by atoms with Crippen LogP contribution >= 0.6 is 0 Å². The third-order valence-electron chi connectivity index (χ3n) is 4.51. The van der Waals surface area contributed by atoms with Gasteiger partial charge in [-0.3, -0.25) is 0 Å². The van der Waals surface area contributed by atoms with Crippen LogP contribution in [0.3, 0.4) is 0 Å². The standard InChI is InChI=1S/C21H34O3/c1-3-5-7-8-9-10-12-16-19-18(14-11-6-4-2)15-13-17-20(19)24-21(22)23/h13,15,17H,3-12,14,16H2,1-2H3,(H,22,23). The highest BCUT2D eigenvalue weighted by atomic mass is 16.7. The monoisotopic (exact) mass is 334 g/mol. The number of ether oxygens (including phenoxy) is 1. The van der Waals surface area contributed by atoms with Crippen LogP contribution in [0.5, 0.6) is 5.75 Å². The van der Waals surface area contributed by atoms with Gasteiger partial charge in [0.2, 0.25) is 0 Å². The summed E-state index contributed by atoms with van der Waals surface area (Å²) in [7, 11) is 0. The fourth-order valence-electron chi connectivity index (χ4n) is 3.14. The Morgan fingerprint density at radius 1 is 0.875 bits per heavy atom. The van der Waals surface area contributed by atoms with Gasteiger partial charge in [0.25, 0.3) is 0 Å². The lowest BCUT2D eigenvalue weighted by atomic mass is 9.96. The fourth-order valence-corrected chi connectivity index (χ4v) is 3.14. The van der Waals surface area contributed by atoms with Gasteiger partial charge in [0, 0.05) is 0 Å². The van der Waals surface area contributed by atoms with E-state index in [1.807, 2.05) is 6.07 Å². The van der Waals surface area contributed by atoms with Gasteiger partial charge in [-0.2, -0.15) is 0 Å². The lowest BCUT2D eigenvalue weighted by Crippen LogP contribution is -2.07. The first-order valence-corrected chi connectivity index (χ1v) is 9.70. The Hall–Kier alpha value is -1.51. The number of carboxylic acid groups (broad SMARTS) is 1. The Morgan fingerprint density at radius 2 is 1.46 bits per heavy atom. The van der Waals surface area contributed by atoms with Crippen molar-refractivity contribution in [2.45, 2.75) is 90.9 Å². The molecule has 1 aromatic rings. The molecule has 0 aromatic heterocycles. The molecule has 0 saturated heterocycles. The molecule has 1 aromatic carbocycles. The van der Waals surface area contributed by atoms with Gasteiger partial charge in [0.15, 0.2) is 0 Å². The zero-order valence-corrected chi connectivity index (χ0v) is 15.5. The maximum absolute atomic E-state index is 10.9. The van der Waals surface area contributed by atoms with E-state index in [4.69, 9.17) is 9.84 Å². The fraction of sp³-hybridized carbons (Fsp3) is 0.667. The van der Waals surface area contributed by atoms with Crippen molar-refractivity contribution in [2.24, 2.45) is 0 Å². The van der Waals surface area contributed by atoms with E-state index in [1.54, 1.807) is 6.07 Å². The summed E-state index contributed by atoms with van der Waals surface area (Å²) < 4.78 is 5.02. The number of unbranched alkanes of at least 4 members (excludes halogenated alkanes) is 8. The molecule has 0 aliphatic rings. The minimum absolute atomic E-state index is 0.530. The molecule has 24 heavy (non-hydrogen) atoms. The summed E-state index contributed by atoms with van der Waals surface area (Å²) in [5.41, 5.74) is 2.36. The minimum atomic E-state index is -1.22. The van der Waals surface area contributed by atoms with Gasteiger partial charge >= 0.3 is 6.16 Å². The van der Waals surface area contributed by atoms with Crippen molar-refractivity contribution in [1.82, 2.24) is 0 Å². The largest absolute Gasteiger partial charge is 0.511 e. The molecule has 0 radical (unpaired) electrons. The second-order valence-electron chi connectivity index (χ2n) is 6.59. The molecule has 0 saturated carbocycles. The van der Waals surface area contributed by atoms with Gasteiger partial charge < -0.3 is 9.84 Å². The van der Waals surface area contributed by atoms with Crippen molar-refractivity contribution in [3.05, 3.63) is 29.3 Å². The summed E-state index contributed by atoms with van der Waals surface area (Å²) in [6.07, 6.45) is 13.1. The van der Waals surface area contributed by atoms with Crippen LogP contribution in [0.15, 0.2) is 18.2 Å². The molecule has 136 valence electrons. The molecule has 0 atom stereocenters. The third-order valence-corrected chi connectivity index (χ3v) is 4.51. The number of hydrogen-bond donors (Lipinski definition) is 1. The molecule has 0 bridgehead atoms. The Balaban J connectivity index is 2.60. The second kappa shape index (κ2) is 12.9. The van der Waals surface area contributed by atoms with E-state index in [1.165, 1.54) is 56.9 Å². The molecule has 0 fully saturated rings.